The van der Waals surface area contributed by atoms with E-state index in [1.54, 1.807) is 37.4 Å². The minimum absolute atomic E-state index is 0.0567. The molecule has 1 atom stereocenters. The molecule has 4 heterocycles. The van der Waals surface area contributed by atoms with Gasteiger partial charge in [0.2, 0.25) is 5.91 Å². The summed E-state index contributed by atoms with van der Waals surface area (Å²) in [6, 6.07) is 0. The van der Waals surface area contributed by atoms with Crippen molar-refractivity contribution in [3.8, 4) is 0 Å². The molecule has 1 aromatic rings. The van der Waals surface area contributed by atoms with Gasteiger partial charge in [-0.15, -0.1) is 11.3 Å². The zero-order valence-corrected chi connectivity index (χ0v) is 19.9. The van der Waals surface area contributed by atoms with E-state index in [-0.39, 0.29) is 36.6 Å². The number of aromatic nitrogens is 1. The number of nitrogens with one attached hydrogen (secondary N) is 1. The SMILES string of the molecule is COCCCNC(=O)C1CN(C2=C(F)C(C)(C)C3C(=O)C(C(=O)O)=CN(c4nccs4)C3=N2)C1. The lowest BCUT2D eigenvalue weighted by Gasteiger charge is -2.46. The molecule has 3 aliphatic rings. The smallest absolute Gasteiger partial charge is 0.340 e. The van der Waals surface area contributed by atoms with Crippen LogP contribution in [0, 0.1) is 17.3 Å². The van der Waals surface area contributed by atoms with Gasteiger partial charge in [0.05, 0.1) is 11.8 Å². The van der Waals surface area contributed by atoms with Crippen LogP contribution in [0.4, 0.5) is 9.52 Å². The van der Waals surface area contributed by atoms with Gasteiger partial charge >= 0.3 is 5.97 Å². The second-order valence-electron chi connectivity index (χ2n) is 8.90. The van der Waals surface area contributed by atoms with Gasteiger partial charge in [-0.3, -0.25) is 14.5 Å². The van der Waals surface area contributed by atoms with E-state index in [0.717, 1.165) is 0 Å². The van der Waals surface area contributed by atoms with Crippen LogP contribution in [0.15, 0.2) is 40.0 Å². The first-order valence-corrected chi connectivity index (χ1v) is 11.7. The molecule has 0 spiro atoms. The molecule has 4 rings (SSSR count). The minimum Gasteiger partial charge on any atom is -0.478 e. The summed E-state index contributed by atoms with van der Waals surface area (Å²) in [4.78, 5) is 49.0. The van der Waals surface area contributed by atoms with Crippen LogP contribution in [0.5, 0.6) is 0 Å². The van der Waals surface area contributed by atoms with Crippen LogP contribution >= 0.6 is 11.3 Å². The number of methoxy groups -OCH3 is 1. The predicted octanol–water partition coefficient (Wildman–Crippen LogP) is 1.78. The van der Waals surface area contributed by atoms with Crippen molar-refractivity contribution in [2.24, 2.45) is 22.2 Å². The number of Topliss-reactive ketones (excluding diaryl/α,β-unsaturated/α-hetero) is 1. The average molecular weight is 492 g/mol. The number of likely N-dealkylation sites (tertiary alicyclic amines) is 1. The Balaban J connectivity index is 1.61. The first kappa shape index (κ1) is 24.0. The molecule has 0 saturated carbocycles. The number of aliphatic imine (C=N–C) groups is 1. The van der Waals surface area contributed by atoms with E-state index in [1.807, 2.05) is 0 Å². The minimum atomic E-state index is -1.39. The number of hydrogen-bond acceptors (Lipinski definition) is 9. The van der Waals surface area contributed by atoms with Gasteiger partial charge in [0, 0.05) is 56.5 Å². The normalized spacial score (nSPS) is 22.1. The van der Waals surface area contributed by atoms with E-state index in [0.29, 0.717) is 24.7 Å². The second kappa shape index (κ2) is 9.26. The summed E-state index contributed by atoms with van der Waals surface area (Å²) in [6.45, 7) is 4.75. The van der Waals surface area contributed by atoms with Crippen molar-refractivity contribution in [3.05, 3.63) is 35.0 Å². The summed E-state index contributed by atoms with van der Waals surface area (Å²) in [5.74, 6) is -3.96. The van der Waals surface area contributed by atoms with Crippen LogP contribution in [-0.2, 0) is 19.1 Å². The summed E-state index contributed by atoms with van der Waals surface area (Å²) in [5.41, 5.74) is -1.79. The van der Waals surface area contributed by atoms with Gasteiger partial charge in [-0.1, -0.05) is 13.8 Å². The van der Waals surface area contributed by atoms with Crippen LogP contribution in [-0.4, -0.2) is 71.8 Å². The number of thiazole rings is 1. The Hall–Kier alpha value is -3.12. The first-order chi connectivity index (χ1) is 16.2. The highest BCUT2D eigenvalue weighted by Crippen LogP contribution is 2.48. The monoisotopic (exact) mass is 491 g/mol. The van der Waals surface area contributed by atoms with E-state index >= 15 is 4.39 Å². The van der Waals surface area contributed by atoms with Gasteiger partial charge in [0.25, 0.3) is 0 Å². The van der Waals surface area contributed by atoms with Crippen molar-refractivity contribution in [2.45, 2.75) is 20.3 Å². The Morgan fingerprint density at radius 2 is 2.12 bits per heavy atom. The number of carboxylic acids is 1. The molecular formula is C22H26FN5O5S. The second-order valence-corrected chi connectivity index (χ2v) is 9.77. The molecule has 1 unspecified atom stereocenters. The van der Waals surface area contributed by atoms with Gasteiger partial charge in [0.15, 0.2) is 16.7 Å². The number of amidine groups is 1. The lowest BCUT2D eigenvalue weighted by molar-refractivity contribution is -0.135. The number of allylic oxidation sites excluding steroid dienone is 1. The number of fused-ring (bicyclic) bond motifs is 1. The lowest BCUT2D eigenvalue weighted by atomic mass is 9.70. The Labute approximate surface area is 199 Å². The molecule has 1 saturated heterocycles. The summed E-state index contributed by atoms with van der Waals surface area (Å²) in [6.07, 6.45) is 3.45. The highest BCUT2D eigenvalue weighted by Gasteiger charge is 2.53. The number of carboxylic acid groups (broad SMARTS) is 1. The van der Waals surface area contributed by atoms with Crippen molar-refractivity contribution < 1.29 is 28.6 Å². The molecule has 1 amide bonds. The maximum absolute atomic E-state index is 15.7. The van der Waals surface area contributed by atoms with Crippen molar-refractivity contribution in [1.29, 1.82) is 0 Å². The molecule has 1 fully saturated rings. The van der Waals surface area contributed by atoms with E-state index in [4.69, 9.17) is 4.74 Å². The molecule has 1 aromatic heterocycles. The van der Waals surface area contributed by atoms with Crippen LogP contribution in [0.25, 0.3) is 0 Å². The number of carbonyl (C=O) groups excluding carboxylic acids is 2. The number of nitrogens with zero attached hydrogens (tertiary/aromatic N) is 4. The van der Waals surface area contributed by atoms with Crippen LogP contribution in [0.2, 0.25) is 0 Å². The number of carbonyl (C=O) groups is 3. The number of anilines is 1. The number of amides is 1. The standard InChI is InChI=1S/C22H26FN5O5S/c1-22(2)14-15(29)13(20(31)32)11-28(21-25-6-8-34-21)17(14)26-18(16(22)23)27-9-12(10-27)19(30)24-5-4-7-33-3/h6,8,11-12,14H,4-5,7,9-10H2,1-3H3,(H,24,30)(H,31,32). The number of hydrogen-bond donors (Lipinski definition) is 2. The zero-order valence-electron chi connectivity index (χ0n) is 19.1. The van der Waals surface area contributed by atoms with Gasteiger partial charge in [-0.05, 0) is 6.42 Å². The van der Waals surface area contributed by atoms with Crippen molar-refractivity contribution >= 4 is 40.0 Å². The van der Waals surface area contributed by atoms with E-state index in [2.05, 4.69) is 15.3 Å². The molecule has 2 N–H and O–H groups in total. The maximum Gasteiger partial charge on any atom is 0.340 e. The Bertz CT molecular complexity index is 1090. The number of rotatable bonds is 8. The molecule has 0 bridgehead atoms. The van der Waals surface area contributed by atoms with Crippen molar-refractivity contribution in [1.82, 2.24) is 15.2 Å². The maximum atomic E-state index is 15.7. The Morgan fingerprint density at radius 3 is 2.74 bits per heavy atom. The third-order valence-electron chi connectivity index (χ3n) is 6.23. The number of ether oxygens (including phenoxy) is 1. The molecule has 0 aliphatic carbocycles. The van der Waals surface area contributed by atoms with E-state index in [9.17, 15) is 19.5 Å². The van der Waals surface area contributed by atoms with Gasteiger partial charge in [0.1, 0.15) is 17.2 Å². The quantitative estimate of drug-likeness (QED) is 0.417. The average Bonchev–Trinajstić information content (AvgIpc) is 3.28. The number of ketones is 1. The van der Waals surface area contributed by atoms with E-state index in [1.165, 1.54) is 22.4 Å². The summed E-state index contributed by atoms with van der Waals surface area (Å²) in [5, 5.41) is 14.6. The molecule has 182 valence electrons. The highest BCUT2D eigenvalue weighted by molar-refractivity contribution is 7.13. The van der Waals surface area contributed by atoms with Gasteiger partial charge in [-0.2, -0.15) is 0 Å². The van der Waals surface area contributed by atoms with Crippen molar-refractivity contribution in [2.75, 3.05) is 38.3 Å². The fraction of sp³-hybridized carbons (Fsp3) is 0.500. The lowest BCUT2D eigenvalue weighted by Crippen LogP contribution is -2.56. The van der Waals surface area contributed by atoms with Crippen LogP contribution in [0.1, 0.15) is 20.3 Å². The van der Waals surface area contributed by atoms with Crippen LogP contribution < -0.4 is 10.2 Å². The number of halogens is 1. The van der Waals surface area contributed by atoms with Gasteiger partial charge in [-0.25, -0.2) is 19.2 Å². The summed E-state index contributed by atoms with van der Waals surface area (Å²) in [7, 11) is 1.60. The third-order valence-corrected chi connectivity index (χ3v) is 7.00. The largest absolute Gasteiger partial charge is 0.478 e. The Kier molecular flexibility index (Phi) is 6.54. The molecule has 0 radical (unpaired) electrons. The van der Waals surface area contributed by atoms with Crippen LogP contribution in [0.3, 0.4) is 0 Å². The topological polar surface area (TPSA) is 124 Å². The fourth-order valence-corrected chi connectivity index (χ4v) is 4.89. The molecule has 10 nitrogen and oxygen atoms in total. The van der Waals surface area contributed by atoms with Gasteiger partial charge < -0.3 is 20.1 Å². The first-order valence-electron chi connectivity index (χ1n) is 10.8. The molecule has 3 aliphatic heterocycles. The molecule has 0 aromatic carbocycles. The fourth-order valence-electron chi connectivity index (χ4n) is 4.26. The summed E-state index contributed by atoms with van der Waals surface area (Å²) < 4.78 is 20.7. The highest BCUT2D eigenvalue weighted by atomic mass is 32.1. The Morgan fingerprint density at radius 1 is 1.38 bits per heavy atom. The molecular weight excluding hydrogens is 465 g/mol. The predicted molar refractivity (Wildman–Crippen MR) is 123 cm³/mol. The molecule has 12 heteroatoms. The third kappa shape index (κ3) is 4.11. The van der Waals surface area contributed by atoms with Crippen molar-refractivity contribution in [3.63, 3.8) is 0 Å². The zero-order chi connectivity index (χ0) is 24.6. The summed E-state index contributed by atoms with van der Waals surface area (Å²) >= 11 is 1.25. The number of aliphatic carboxylic acids is 1. The molecule has 34 heavy (non-hydrogen) atoms. The van der Waals surface area contributed by atoms with E-state index < -0.39 is 34.5 Å².